The van der Waals surface area contributed by atoms with Gasteiger partial charge < -0.3 is 9.88 Å². The lowest BCUT2D eigenvalue weighted by atomic mass is 10.1. The molecule has 0 unspecified atom stereocenters. The molecule has 0 radical (unpaired) electrons. The number of amides is 1. The van der Waals surface area contributed by atoms with Gasteiger partial charge >= 0.3 is 0 Å². The first-order valence-electron chi connectivity index (χ1n) is 9.40. The van der Waals surface area contributed by atoms with Crippen LogP contribution in [0.3, 0.4) is 0 Å². The Labute approximate surface area is 181 Å². The van der Waals surface area contributed by atoms with Gasteiger partial charge in [0.25, 0.3) is 15.9 Å². The Morgan fingerprint density at radius 2 is 1.93 bits per heavy atom. The minimum atomic E-state index is -3.96. The fourth-order valence-corrected chi connectivity index (χ4v) is 4.43. The van der Waals surface area contributed by atoms with Gasteiger partial charge in [0.15, 0.2) is 0 Å². The fraction of sp³-hybridized carbons (Fsp3) is 0.238. The summed E-state index contributed by atoms with van der Waals surface area (Å²) in [6.07, 6.45) is 5.97. The van der Waals surface area contributed by atoms with Crippen LogP contribution in [0.5, 0.6) is 0 Å². The first-order chi connectivity index (χ1) is 14.3. The fourth-order valence-electron chi connectivity index (χ4n) is 2.85. The van der Waals surface area contributed by atoms with E-state index in [2.05, 4.69) is 15.0 Å². The number of halogens is 1. The van der Waals surface area contributed by atoms with E-state index in [-0.39, 0.29) is 21.4 Å². The third kappa shape index (κ3) is 5.40. The van der Waals surface area contributed by atoms with Crippen LogP contribution in [0, 0.1) is 13.8 Å². The number of sulfonamides is 1. The Balaban J connectivity index is 1.69. The number of benzene rings is 2. The molecule has 0 aliphatic carbocycles. The molecule has 0 spiro atoms. The molecule has 158 valence electrons. The molecular formula is C21H23ClN4O3S. The summed E-state index contributed by atoms with van der Waals surface area (Å²) in [5.74, 6) is -0.361. The van der Waals surface area contributed by atoms with E-state index in [1.165, 1.54) is 18.2 Å². The number of hydrogen-bond donors (Lipinski definition) is 2. The highest BCUT2D eigenvalue weighted by Crippen LogP contribution is 2.26. The van der Waals surface area contributed by atoms with Crippen molar-refractivity contribution in [1.29, 1.82) is 0 Å². The van der Waals surface area contributed by atoms with Gasteiger partial charge in [0, 0.05) is 36.7 Å². The minimum Gasteiger partial charge on any atom is -0.352 e. The summed E-state index contributed by atoms with van der Waals surface area (Å²) in [6, 6.07) is 9.47. The van der Waals surface area contributed by atoms with Gasteiger partial charge in [-0.05, 0) is 61.7 Å². The highest BCUT2D eigenvalue weighted by molar-refractivity contribution is 7.92. The lowest BCUT2D eigenvalue weighted by Crippen LogP contribution is -2.25. The van der Waals surface area contributed by atoms with Gasteiger partial charge in [-0.15, -0.1) is 0 Å². The Hall–Kier alpha value is -2.84. The SMILES string of the molecule is Cc1ccc(NS(=O)(=O)c2cc(C(=O)NCCCn3ccnc3)ccc2Cl)cc1C. The van der Waals surface area contributed by atoms with Crippen LogP contribution in [-0.4, -0.2) is 30.4 Å². The van der Waals surface area contributed by atoms with Crippen molar-refractivity contribution in [3.8, 4) is 0 Å². The number of hydrogen-bond acceptors (Lipinski definition) is 4. The Morgan fingerprint density at radius 3 is 2.63 bits per heavy atom. The summed E-state index contributed by atoms with van der Waals surface area (Å²) in [6.45, 7) is 5.02. The number of nitrogens with one attached hydrogen (secondary N) is 2. The number of anilines is 1. The lowest BCUT2D eigenvalue weighted by molar-refractivity contribution is 0.0952. The van der Waals surface area contributed by atoms with E-state index in [1.807, 2.05) is 30.7 Å². The standard InChI is InChI=1S/C21H23ClN4O3S/c1-15-4-6-18(12-16(15)2)25-30(28,29)20-13-17(5-7-19(20)22)21(27)24-8-3-10-26-11-9-23-14-26/h4-7,9,11-14,25H,3,8,10H2,1-2H3,(H,24,27). The van der Waals surface area contributed by atoms with Gasteiger partial charge in [0.1, 0.15) is 4.90 Å². The van der Waals surface area contributed by atoms with Gasteiger partial charge in [-0.3, -0.25) is 9.52 Å². The van der Waals surface area contributed by atoms with Crippen LogP contribution in [-0.2, 0) is 16.6 Å². The van der Waals surface area contributed by atoms with E-state index >= 15 is 0 Å². The normalized spacial score (nSPS) is 11.3. The molecule has 0 atom stereocenters. The molecule has 0 saturated heterocycles. The van der Waals surface area contributed by atoms with E-state index in [9.17, 15) is 13.2 Å². The summed E-state index contributed by atoms with van der Waals surface area (Å²) >= 11 is 6.13. The van der Waals surface area contributed by atoms with Crippen molar-refractivity contribution in [3.63, 3.8) is 0 Å². The van der Waals surface area contributed by atoms with E-state index in [0.29, 0.717) is 12.2 Å². The van der Waals surface area contributed by atoms with E-state index in [4.69, 9.17) is 11.6 Å². The number of carbonyl (C=O) groups is 1. The molecule has 7 nitrogen and oxygen atoms in total. The predicted molar refractivity (Wildman–Crippen MR) is 117 cm³/mol. The maximum absolute atomic E-state index is 12.8. The van der Waals surface area contributed by atoms with Gasteiger partial charge in [-0.1, -0.05) is 17.7 Å². The van der Waals surface area contributed by atoms with Gasteiger partial charge in [0.2, 0.25) is 0 Å². The van der Waals surface area contributed by atoms with Crippen LogP contribution >= 0.6 is 11.6 Å². The zero-order valence-electron chi connectivity index (χ0n) is 16.7. The molecular weight excluding hydrogens is 424 g/mol. The largest absolute Gasteiger partial charge is 0.352 e. The van der Waals surface area contributed by atoms with Crippen LogP contribution in [0.1, 0.15) is 27.9 Å². The molecule has 30 heavy (non-hydrogen) atoms. The van der Waals surface area contributed by atoms with Crippen molar-refractivity contribution in [1.82, 2.24) is 14.9 Å². The first kappa shape index (κ1) is 21.9. The van der Waals surface area contributed by atoms with Crippen molar-refractivity contribution in [2.45, 2.75) is 31.7 Å². The average molecular weight is 447 g/mol. The molecule has 2 N–H and O–H groups in total. The first-order valence-corrected chi connectivity index (χ1v) is 11.3. The molecule has 0 saturated carbocycles. The van der Waals surface area contributed by atoms with Crippen LogP contribution in [0.4, 0.5) is 5.69 Å². The summed E-state index contributed by atoms with van der Waals surface area (Å²) in [5, 5.41) is 2.84. The molecule has 3 aromatic rings. The molecule has 9 heteroatoms. The second-order valence-corrected chi connectivity index (χ2v) is 9.02. The highest BCUT2D eigenvalue weighted by atomic mass is 35.5. The van der Waals surface area contributed by atoms with E-state index < -0.39 is 10.0 Å². The topological polar surface area (TPSA) is 93.1 Å². The summed E-state index contributed by atoms with van der Waals surface area (Å²) in [4.78, 5) is 16.3. The maximum atomic E-state index is 12.8. The van der Waals surface area contributed by atoms with Crippen molar-refractivity contribution in [3.05, 3.63) is 76.8 Å². The number of carbonyl (C=O) groups excluding carboxylic acids is 1. The molecule has 0 aliphatic heterocycles. The molecule has 2 aromatic carbocycles. The highest BCUT2D eigenvalue weighted by Gasteiger charge is 2.20. The molecule has 0 aliphatic rings. The monoisotopic (exact) mass is 446 g/mol. The Bertz CT molecular complexity index is 1150. The van der Waals surface area contributed by atoms with Crippen molar-refractivity contribution in [2.24, 2.45) is 0 Å². The molecule has 1 heterocycles. The molecule has 1 amide bonds. The summed E-state index contributed by atoms with van der Waals surface area (Å²) in [7, 11) is -3.96. The van der Waals surface area contributed by atoms with E-state index in [0.717, 1.165) is 24.1 Å². The van der Waals surface area contributed by atoms with Crippen molar-refractivity contribution >= 4 is 33.2 Å². The van der Waals surface area contributed by atoms with E-state index in [1.54, 1.807) is 24.7 Å². The molecule has 3 rings (SSSR count). The van der Waals surface area contributed by atoms with Crippen LogP contribution < -0.4 is 10.0 Å². The second kappa shape index (κ2) is 9.32. The smallest absolute Gasteiger partial charge is 0.263 e. The molecule has 0 fully saturated rings. The number of nitrogens with zero attached hydrogens (tertiary/aromatic N) is 2. The Morgan fingerprint density at radius 1 is 1.13 bits per heavy atom. The number of imidazole rings is 1. The molecule has 1 aromatic heterocycles. The predicted octanol–water partition coefficient (Wildman–Crippen LogP) is 3.77. The van der Waals surface area contributed by atoms with Gasteiger partial charge in [-0.25, -0.2) is 13.4 Å². The lowest BCUT2D eigenvalue weighted by Gasteiger charge is -2.12. The zero-order valence-corrected chi connectivity index (χ0v) is 18.3. The number of aryl methyl sites for hydroxylation is 3. The number of rotatable bonds is 8. The Kier molecular flexibility index (Phi) is 6.79. The number of aromatic nitrogens is 2. The maximum Gasteiger partial charge on any atom is 0.263 e. The molecule has 0 bridgehead atoms. The summed E-state index contributed by atoms with van der Waals surface area (Å²) < 4.78 is 30.1. The quantitative estimate of drug-likeness (QED) is 0.515. The van der Waals surface area contributed by atoms with Crippen molar-refractivity contribution < 1.29 is 13.2 Å². The average Bonchev–Trinajstić information content (AvgIpc) is 3.21. The van der Waals surface area contributed by atoms with Crippen LogP contribution in [0.2, 0.25) is 5.02 Å². The van der Waals surface area contributed by atoms with Crippen molar-refractivity contribution in [2.75, 3.05) is 11.3 Å². The van der Waals surface area contributed by atoms with Gasteiger partial charge in [0.05, 0.1) is 11.3 Å². The summed E-state index contributed by atoms with van der Waals surface area (Å²) in [5.41, 5.74) is 2.68. The minimum absolute atomic E-state index is 0.0444. The van der Waals surface area contributed by atoms with Crippen LogP contribution in [0.25, 0.3) is 0 Å². The third-order valence-electron chi connectivity index (χ3n) is 4.68. The zero-order chi connectivity index (χ0) is 21.7. The van der Waals surface area contributed by atoms with Gasteiger partial charge in [-0.2, -0.15) is 0 Å². The second-order valence-electron chi connectivity index (χ2n) is 6.96. The third-order valence-corrected chi connectivity index (χ3v) is 6.54. The van der Waals surface area contributed by atoms with Crippen LogP contribution in [0.15, 0.2) is 60.0 Å².